The number of thiophene rings is 1. The first-order valence-corrected chi connectivity index (χ1v) is 5.57. The highest BCUT2D eigenvalue weighted by Crippen LogP contribution is 2.16. The van der Waals surface area contributed by atoms with Crippen LogP contribution in [0.3, 0.4) is 0 Å². The number of carbonyl (C=O) groups is 1. The lowest BCUT2D eigenvalue weighted by atomic mass is 10.1. The van der Waals surface area contributed by atoms with Gasteiger partial charge in [-0.2, -0.15) is 0 Å². The lowest BCUT2D eigenvalue weighted by molar-refractivity contribution is 0.103. The molecule has 0 aliphatic heterocycles. The van der Waals surface area contributed by atoms with Crippen molar-refractivity contribution in [3.8, 4) is 0 Å². The Morgan fingerprint density at radius 1 is 1.27 bits per heavy atom. The molecule has 0 radical (unpaired) electrons. The van der Waals surface area contributed by atoms with E-state index in [-0.39, 0.29) is 5.78 Å². The molecule has 0 unspecified atom stereocenters. The summed E-state index contributed by atoms with van der Waals surface area (Å²) in [5.74, 6) is 0.0480. The van der Waals surface area contributed by atoms with Crippen molar-refractivity contribution in [3.05, 3.63) is 51.5 Å². The third-order valence-corrected chi connectivity index (χ3v) is 3.03. The summed E-state index contributed by atoms with van der Waals surface area (Å²) in [4.78, 5) is 17.2. The van der Waals surface area contributed by atoms with Crippen LogP contribution >= 0.6 is 11.3 Å². The minimum absolute atomic E-state index is 0.0480. The third kappa shape index (κ3) is 2.13. The van der Waals surface area contributed by atoms with Crippen molar-refractivity contribution in [1.82, 2.24) is 4.98 Å². The summed E-state index contributed by atoms with van der Waals surface area (Å²) in [6.45, 7) is 3.90. The minimum atomic E-state index is 0.0480. The van der Waals surface area contributed by atoms with Crippen LogP contribution in [0.5, 0.6) is 0 Å². The first kappa shape index (κ1) is 10.1. The molecule has 0 atom stereocenters. The van der Waals surface area contributed by atoms with Crippen molar-refractivity contribution >= 4 is 17.1 Å². The van der Waals surface area contributed by atoms with Crippen LogP contribution in [0.1, 0.15) is 26.5 Å². The smallest absolute Gasteiger partial charge is 0.195 e. The average molecular weight is 217 g/mol. The van der Waals surface area contributed by atoms with E-state index in [9.17, 15) is 4.79 Å². The second-order valence-corrected chi connectivity index (χ2v) is 4.58. The van der Waals surface area contributed by atoms with Crippen LogP contribution in [0.4, 0.5) is 0 Å². The molecule has 0 fully saturated rings. The number of hydrogen-bond acceptors (Lipinski definition) is 3. The quantitative estimate of drug-likeness (QED) is 0.724. The highest BCUT2D eigenvalue weighted by molar-refractivity contribution is 7.10. The van der Waals surface area contributed by atoms with Gasteiger partial charge in [-0.3, -0.25) is 9.78 Å². The standard InChI is InChI=1S/C12H11NOS/c1-8-3-4-10(6-13-8)12(14)11-5-9(2)15-7-11/h3-7H,1-2H3. The molecule has 15 heavy (non-hydrogen) atoms. The van der Waals surface area contributed by atoms with Gasteiger partial charge < -0.3 is 0 Å². The van der Waals surface area contributed by atoms with Gasteiger partial charge in [-0.05, 0) is 32.0 Å². The zero-order valence-electron chi connectivity index (χ0n) is 8.65. The van der Waals surface area contributed by atoms with Crippen molar-refractivity contribution in [2.24, 2.45) is 0 Å². The van der Waals surface area contributed by atoms with Crippen molar-refractivity contribution in [2.45, 2.75) is 13.8 Å². The van der Waals surface area contributed by atoms with Gasteiger partial charge in [0.05, 0.1) is 0 Å². The number of aryl methyl sites for hydroxylation is 2. The normalized spacial score (nSPS) is 10.3. The summed E-state index contributed by atoms with van der Waals surface area (Å²) in [6, 6.07) is 5.58. The molecule has 2 aromatic heterocycles. The fourth-order valence-corrected chi connectivity index (χ4v) is 2.01. The Morgan fingerprint density at radius 2 is 2.07 bits per heavy atom. The lowest BCUT2D eigenvalue weighted by Gasteiger charge is -1.97. The van der Waals surface area contributed by atoms with Crippen molar-refractivity contribution in [2.75, 3.05) is 0 Å². The highest BCUT2D eigenvalue weighted by atomic mass is 32.1. The Balaban J connectivity index is 2.32. The molecule has 0 bridgehead atoms. The largest absolute Gasteiger partial charge is 0.289 e. The molecule has 0 saturated heterocycles. The van der Waals surface area contributed by atoms with Crippen LogP contribution in [0, 0.1) is 13.8 Å². The number of pyridine rings is 1. The van der Waals surface area contributed by atoms with E-state index in [0.29, 0.717) is 5.56 Å². The highest BCUT2D eigenvalue weighted by Gasteiger charge is 2.10. The maximum atomic E-state index is 11.9. The fraction of sp³-hybridized carbons (Fsp3) is 0.167. The van der Waals surface area contributed by atoms with Gasteiger partial charge in [0.25, 0.3) is 0 Å². The van der Waals surface area contributed by atoms with E-state index >= 15 is 0 Å². The Kier molecular flexibility index (Phi) is 2.64. The second kappa shape index (κ2) is 3.95. The Hall–Kier alpha value is -1.48. The first-order valence-electron chi connectivity index (χ1n) is 4.69. The number of aromatic nitrogens is 1. The zero-order valence-corrected chi connectivity index (χ0v) is 9.47. The minimum Gasteiger partial charge on any atom is -0.289 e. The van der Waals surface area contributed by atoms with Crippen LogP contribution < -0.4 is 0 Å². The number of hydrogen-bond donors (Lipinski definition) is 0. The van der Waals surface area contributed by atoms with Crippen molar-refractivity contribution < 1.29 is 4.79 Å². The molecular formula is C12H11NOS. The van der Waals surface area contributed by atoms with Crippen LogP contribution in [0.25, 0.3) is 0 Å². The zero-order chi connectivity index (χ0) is 10.8. The number of carbonyl (C=O) groups excluding carboxylic acids is 1. The van der Waals surface area contributed by atoms with E-state index in [1.165, 1.54) is 0 Å². The number of rotatable bonds is 2. The lowest BCUT2D eigenvalue weighted by Crippen LogP contribution is -2.00. The molecule has 0 spiro atoms. The Labute approximate surface area is 92.6 Å². The molecule has 2 nitrogen and oxygen atoms in total. The van der Waals surface area contributed by atoms with Crippen LogP contribution in [-0.4, -0.2) is 10.8 Å². The average Bonchev–Trinajstić information content (AvgIpc) is 2.65. The molecule has 0 amide bonds. The molecular weight excluding hydrogens is 206 g/mol. The van der Waals surface area contributed by atoms with Crippen molar-refractivity contribution in [3.63, 3.8) is 0 Å². The molecule has 0 N–H and O–H groups in total. The van der Waals surface area contributed by atoms with Crippen LogP contribution in [-0.2, 0) is 0 Å². The van der Waals surface area contributed by atoms with E-state index in [1.54, 1.807) is 17.5 Å². The predicted molar refractivity (Wildman–Crippen MR) is 61.5 cm³/mol. The third-order valence-electron chi connectivity index (χ3n) is 2.17. The van der Waals surface area contributed by atoms with E-state index in [0.717, 1.165) is 16.1 Å². The molecule has 0 aromatic carbocycles. The molecule has 2 aromatic rings. The number of nitrogens with zero attached hydrogens (tertiary/aromatic N) is 1. The van der Waals surface area contributed by atoms with E-state index in [4.69, 9.17) is 0 Å². The summed E-state index contributed by atoms with van der Waals surface area (Å²) >= 11 is 1.59. The first-order chi connectivity index (χ1) is 7.16. The second-order valence-electron chi connectivity index (χ2n) is 3.46. The van der Waals surface area contributed by atoms with Crippen molar-refractivity contribution in [1.29, 1.82) is 0 Å². The van der Waals surface area contributed by atoms with Gasteiger partial charge in [0.15, 0.2) is 5.78 Å². The summed E-state index contributed by atoms with van der Waals surface area (Å²) in [5, 5.41) is 1.89. The SMILES string of the molecule is Cc1ccc(C(=O)c2csc(C)c2)cn1. The van der Waals surface area contributed by atoms with Crippen LogP contribution in [0.2, 0.25) is 0 Å². The topological polar surface area (TPSA) is 30.0 Å². The van der Waals surface area contributed by atoms with Gasteiger partial charge in [-0.1, -0.05) is 0 Å². The fourth-order valence-electron chi connectivity index (χ4n) is 1.33. The van der Waals surface area contributed by atoms with Crippen LogP contribution in [0.15, 0.2) is 29.8 Å². The Morgan fingerprint density at radius 3 is 2.60 bits per heavy atom. The van der Waals surface area contributed by atoms with Gasteiger partial charge in [0.2, 0.25) is 0 Å². The molecule has 2 rings (SSSR count). The summed E-state index contributed by atoms with van der Waals surface area (Å²) in [7, 11) is 0. The van der Waals surface area contributed by atoms with Gasteiger partial charge in [-0.25, -0.2) is 0 Å². The monoisotopic (exact) mass is 217 g/mol. The van der Waals surface area contributed by atoms with Gasteiger partial charge >= 0.3 is 0 Å². The van der Waals surface area contributed by atoms with Gasteiger partial charge in [0, 0.05) is 33.3 Å². The molecule has 76 valence electrons. The maximum Gasteiger partial charge on any atom is 0.195 e. The Bertz CT molecular complexity index is 485. The van der Waals surface area contributed by atoms with E-state index in [2.05, 4.69) is 4.98 Å². The van der Waals surface area contributed by atoms with E-state index < -0.39 is 0 Å². The molecule has 0 aliphatic carbocycles. The molecule has 0 aliphatic rings. The maximum absolute atomic E-state index is 11.9. The van der Waals surface area contributed by atoms with Gasteiger partial charge in [0.1, 0.15) is 0 Å². The summed E-state index contributed by atoms with van der Waals surface area (Å²) in [6.07, 6.45) is 1.63. The molecule has 0 saturated carbocycles. The predicted octanol–water partition coefficient (Wildman–Crippen LogP) is 2.99. The van der Waals surface area contributed by atoms with E-state index in [1.807, 2.05) is 37.4 Å². The van der Waals surface area contributed by atoms with Gasteiger partial charge in [-0.15, -0.1) is 11.3 Å². The molecule has 2 heterocycles. The molecule has 3 heteroatoms. The number of ketones is 1. The summed E-state index contributed by atoms with van der Waals surface area (Å²) < 4.78 is 0. The summed E-state index contributed by atoms with van der Waals surface area (Å²) in [5.41, 5.74) is 2.33.